The van der Waals surface area contributed by atoms with Crippen molar-refractivity contribution in [3.63, 3.8) is 0 Å². The topological polar surface area (TPSA) is 122 Å². The molecule has 0 unspecified atom stereocenters. The number of rotatable bonds is 7. The summed E-state index contributed by atoms with van der Waals surface area (Å²) >= 11 is 6.85. The lowest BCUT2D eigenvalue weighted by Crippen LogP contribution is -2.33. The fraction of sp³-hybridized carbons (Fsp3) is 0.333. The summed E-state index contributed by atoms with van der Waals surface area (Å²) in [4.78, 5) is 25.3. The van der Waals surface area contributed by atoms with Gasteiger partial charge in [0.05, 0.1) is 9.40 Å². The SMILES string of the molecule is CCC(C)(CC)Nc1cc(Oc2ccc(Br)cc2Br)ccc1[N+](=O)[O-].O=[PH](O)O. The molecule has 2 aromatic carbocycles. The van der Waals surface area contributed by atoms with Crippen molar-refractivity contribution >= 4 is 51.5 Å². The minimum absolute atomic E-state index is 0.0374. The quantitative estimate of drug-likeness (QED) is 0.210. The van der Waals surface area contributed by atoms with Gasteiger partial charge in [0.2, 0.25) is 0 Å². The van der Waals surface area contributed by atoms with Crippen molar-refractivity contribution in [3.8, 4) is 11.5 Å². The first-order valence-electron chi connectivity index (χ1n) is 8.62. The summed E-state index contributed by atoms with van der Waals surface area (Å²) in [5.41, 5.74) is 0.277. The summed E-state index contributed by atoms with van der Waals surface area (Å²) in [7, 11) is -3.13. The molecule has 11 heteroatoms. The van der Waals surface area contributed by atoms with Crippen LogP contribution in [0.2, 0.25) is 0 Å². The van der Waals surface area contributed by atoms with E-state index in [0.717, 1.165) is 21.8 Å². The van der Waals surface area contributed by atoms with Gasteiger partial charge in [-0.25, -0.2) is 0 Å². The average molecular weight is 554 g/mol. The number of halogens is 2. The maximum atomic E-state index is 11.4. The van der Waals surface area contributed by atoms with Gasteiger partial charge in [0.25, 0.3) is 5.69 Å². The molecular weight excluding hydrogens is 531 g/mol. The molecule has 0 heterocycles. The number of hydrogen-bond acceptors (Lipinski definition) is 5. The van der Waals surface area contributed by atoms with E-state index in [2.05, 4.69) is 57.9 Å². The van der Waals surface area contributed by atoms with Crippen molar-refractivity contribution in [1.29, 1.82) is 0 Å². The van der Waals surface area contributed by atoms with Crippen molar-refractivity contribution in [2.24, 2.45) is 0 Å². The molecular formula is C18H23Br2N2O6P. The number of ether oxygens (including phenoxy) is 1. The van der Waals surface area contributed by atoms with Crippen LogP contribution in [0.25, 0.3) is 0 Å². The van der Waals surface area contributed by atoms with Crippen molar-refractivity contribution in [1.82, 2.24) is 0 Å². The molecule has 2 aromatic rings. The Kier molecular flexibility index (Phi) is 10.3. The van der Waals surface area contributed by atoms with Gasteiger partial charge in [-0.15, -0.1) is 0 Å². The number of nitrogens with zero attached hydrogens (tertiary/aromatic N) is 1. The molecule has 0 radical (unpaired) electrons. The average Bonchev–Trinajstić information content (AvgIpc) is 2.63. The van der Waals surface area contributed by atoms with Crippen LogP contribution in [-0.4, -0.2) is 20.2 Å². The Balaban J connectivity index is 0.000000960. The minimum atomic E-state index is -3.13. The van der Waals surface area contributed by atoms with Crippen LogP contribution >= 0.6 is 40.1 Å². The van der Waals surface area contributed by atoms with E-state index in [-0.39, 0.29) is 16.1 Å². The Morgan fingerprint density at radius 1 is 1.17 bits per heavy atom. The maximum absolute atomic E-state index is 11.4. The van der Waals surface area contributed by atoms with E-state index >= 15 is 0 Å². The molecule has 0 aliphatic heterocycles. The zero-order valence-corrected chi connectivity index (χ0v) is 20.3. The number of hydrogen-bond donors (Lipinski definition) is 3. The lowest BCUT2D eigenvalue weighted by molar-refractivity contribution is -0.384. The molecule has 0 saturated carbocycles. The van der Waals surface area contributed by atoms with Crippen LogP contribution in [-0.2, 0) is 4.57 Å². The molecule has 0 aromatic heterocycles. The van der Waals surface area contributed by atoms with E-state index in [1.54, 1.807) is 12.1 Å². The summed E-state index contributed by atoms with van der Waals surface area (Å²) in [6.45, 7) is 6.17. The molecule has 8 nitrogen and oxygen atoms in total. The number of nitro benzene ring substituents is 1. The van der Waals surface area contributed by atoms with Crippen molar-refractivity contribution < 1.29 is 24.0 Å². The number of nitro groups is 1. The zero-order chi connectivity index (χ0) is 22.2. The molecule has 160 valence electrons. The number of nitrogens with one attached hydrogen (secondary N) is 1. The van der Waals surface area contributed by atoms with Gasteiger partial charge in [-0.3, -0.25) is 14.7 Å². The fourth-order valence-corrected chi connectivity index (χ4v) is 3.40. The second kappa shape index (κ2) is 11.7. The predicted molar refractivity (Wildman–Crippen MR) is 121 cm³/mol. The van der Waals surface area contributed by atoms with Crippen LogP contribution in [0.4, 0.5) is 11.4 Å². The summed E-state index contributed by atoms with van der Waals surface area (Å²) in [6.07, 6.45) is 1.70. The van der Waals surface area contributed by atoms with Crippen LogP contribution < -0.4 is 10.1 Å². The van der Waals surface area contributed by atoms with Crippen molar-refractivity contribution in [3.05, 3.63) is 55.5 Å². The van der Waals surface area contributed by atoms with Gasteiger partial charge in [0.1, 0.15) is 17.2 Å². The monoisotopic (exact) mass is 552 g/mol. The maximum Gasteiger partial charge on any atom is 0.314 e. The van der Waals surface area contributed by atoms with Gasteiger partial charge in [-0.2, -0.15) is 0 Å². The Morgan fingerprint density at radius 2 is 1.76 bits per heavy atom. The molecule has 2 rings (SSSR count). The van der Waals surface area contributed by atoms with Crippen LogP contribution in [0.1, 0.15) is 33.6 Å². The Morgan fingerprint density at radius 3 is 2.24 bits per heavy atom. The van der Waals surface area contributed by atoms with Gasteiger partial charge < -0.3 is 19.8 Å². The van der Waals surface area contributed by atoms with Crippen LogP contribution in [0.3, 0.4) is 0 Å². The second-order valence-electron chi connectivity index (χ2n) is 6.29. The van der Waals surface area contributed by atoms with E-state index < -0.39 is 8.25 Å². The molecule has 0 aliphatic rings. The summed E-state index contributed by atoms with van der Waals surface area (Å²) in [5.74, 6) is 1.17. The number of anilines is 1. The first-order valence-corrected chi connectivity index (χ1v) is 11.5. The highest BCUT2D eigenvalue weighted by molar-refractivity contribution is 9.11. The van der Waals surface area contributed by atoms with Gasteiger partial charge in [-0.1, -0.05) is 29.8 Å². The highest BCUT2D eigenvalue weighted by atomic mass is 79.9. The van der Waals surface area contributed by atoms with Crippen molar-refractivity contribution in [2.45, 2.75) is 39.2 Å². The molecule has 29 heavy (non-hydrogen) atoms. The lowest BCUT2D eigenvalue weighted by Gasteiger charge is -2.29. The largest absolute Gasteiger partial charge is 0.456 e. The van der Waals surface area contributed by atoms with E-state index in [1.165, 1.54) is 6.07 Å². The molecule has 0 aliphatic carbocycles. The molecule has 0 atom stereocenters. The Hall–Kier alpha value is -1.45. The van der Waals surface area contributed by atoms with E-state index in [4.69, 9.17) is 19.1 Å². The molecule has 0 saturated heterocycles. The highest BCUT2D eigenvalue weighted by Crippen LogP contribution is 2.37. The molecule has 0 amide bonds. The van der Waals surface area contributed by atoms with Crippen LogP contribution in [0.5, 0.6) is 11.5 Å². The van der Waals surface area contributed by atoms with Gasteiger partial charge in [-0.05, 0) is 60.0 Å². The normalized spacial score (nSPS) is 10.9. The first kappa shape index (κ1) is 25.6. The third kappa shape index (κ3) is 8.44. The van der Waals surface area contributed by atoms with Crippen molar-refractivity contribution in [2.75, 3.05) is 5.32 Å². The standard InChI is InChI=1S/C18H20Br2N2O3.H3O3P/c1-4-18(3,5-2)21-15-11-13(7-8-16(15)22(23)24)25-17-9-6-12(19)10-14(17)20;1-4(2)3/h6-11,21H,4-5H2,1-3H3;4H,(H2,1,2,3). The molecule has 0 fully saturated rings. The second-order valence-corrected chi connectivity index (χ2v) is 8.62. The number of benzene rings is 2. The van der Waals surface area contributed by atoms with Crippen LogP contribution in [0.15, 0.2) is 45.3 Å². The lowest BCUT2D eigenvalue weighted by atomic mass is 9.95. The minimum Gasteiger partial charge on any atom is -0.456 e. The van der Waals surface area contributed by atoms with E-state index in [9.17, 15) is 10.1 Å². The zero-order valence-electron chi connectivity index (χ0n) is 16.1. The Bertz CT molecular complexity index is 873. The van der Waals surface area contributed by atoms with E-state index in [0.29, 0.717) is 17.2 Å². The third-order valence-electron chi connectivity index (χ3n) is 4.28. The third-order valence-corrected chi connectivity index (χ3v) is 5.40. The van der Waals surface area contributed by atoms with Gasteiger partial charge >= 0.3 is 8.25 Å². The smallest absolute Gasteiger partial charge is 0.314 e. The summed E-state index contributed by atoms with van der Waals surface area (Å²) in [5, 5.41) is 14.7. The highest BCUT2D eigenvalue weighted by Gasteiger charge is 2.24. The molecule has 0 bridgehead atoms. The van der Waals surface area contributed by atoms with Gasteiger partial charge in [0, 0.05) is 22.1 Å². The Labute approximate surface area is 186 Å². The first-order chi connectivity index (χ1) is 13.5. The molecule has 0 spiro atoms. The van der Waals surface area contributed by atoms with Crippen LogP contribution in [0, 0.1) is 10.1 Å². The predicted octanol–water partition coefficient (Wildman–Crippen LogP) is 6.26. The summed E-state index contributed by atoms with van der Waals surface area (Å²) in [6, 6.07) is 10.3. The summed E-state index contributed by atoms with van der Waals surface area (Å²) < 4.78 is 16.4. The van der Waals surface area contributed by atoms with E-state index in [1.807, 2.05) is 18.2 Å². The fourth-order valence-electron chi connectivity index (χ4n) is 2.27. The van der Waals surface area contributed by atoms with Gasteiger partial charge in [0.15, 0.2) is 0 Å². The molecule has 3 N–H and O–H groups in total.